The first-order valence-corrected chi connectivity index (χ1v) is 15.1. The molecule has 4 rings (SSSR count). The van der Waals surface area contributed by atoms with Crippen LogP contribution in [0.2, 0.25) is 5.02 Å². The number of rotatable bonds is 6. The van der Waals surface area contributed by atoms with E-state index in [0.29, 0.717) is 46.8 Å². The summed E-state index contributed by atoms with van der Waals surface area (Å²) in [5.74, 6) is -0.496. The van der Waals surface area contributed by atoms with E-state index in [0.717, 1.165) is 31.4 Å². The first kappa shape index (κ1) is 26.7. The number of hydrogen-bond acceptors (Lipinski definition) is 4. The summed E-state index contributed by atoms with van der Waals surface area (Å²) in [6, 6.07) is 3.86. The van der Waals surface area contributed by atoms with Gasteiger partial charge in [-0.3, -0.25) is 4.79 Å². The Kier molecular flexibility index (Phi) is 8.09. The molecule has 1 N–H and O–H groups in total. The number of sulfonamides is 1. The van der Waals surface area contributed by atoms with Gasteiger partial charge in [-0.1, -0.05) is 50.1 Å². The fraction of sp³-hybridized carbons (Fsp3) is 0.741. The summed E-state index contributed by atoms with van der Waals surface area (Å²) in [7, 11) is -1.97. The van der Waals surface area contributed by atoms with Crippen LogP contribution in [0.15, 0.2) is 17.0 Å². The first-order valence-electron chi connectivity index (χ1n) is 13.3. The summed E-state index contributed by atoms with van der Waals surface area (Å²) in [5, 5.41) is 10.1. The maximum atomic E-state index is 14.0. The summed E-state index contributed by atoms with van der Waals surface area (Å²) in [4.78, 5) is 14.3. The molecule has 0 radical (unpaired) electrons. The summed E-state index contributed by atoms with van der Waals surface area (Å²) in [6.45, 7) is 4.09. The molecule has 0 amide bonds. The van der Waals surface area contributed by atoms with E-state index in [-0.39, 0.29) is 6.04 Å². The maximum absolute atomic E-state index is 14.0. The number of aryl methyl sites for hydroxylation is 1. The van der Waals surface area contributed by atoms with E-state index in [1.807, 2.05) is 6.07 Å². The van der Waals surface area contributed by atoms with Gasteiger partial charge in [-0.05, 0) is 76.0 Å². The van der Waals surface area contributed by atoms with Gasteiger partial charge in [-0.25, -0.2) is 8.42 Å². The lowest BCUT2D eigenvalue weighted by Gasteiger charge is -2.41. The van der Waals surface area contributed by atoms with Gasteiger partial charge in [0.05, 0.1) is 11.1 Å². The van der Waals surface area contributed by atoms with Gasteiger partial charge in [0.2, 0.25) is 10.0 Å². The van der Waals surface area contributed by atoms with Gasteiger partial charge in [-0.2, -0.15) is 4.31 Å². The summed E-state index contributed by atoms with van der Waals surface area (Å²) in [6.07, 6.45) is 12.3. The molecule has 35 heavy (non-hydrogen) atoms. The van der Waals surface area contributed by atoms with Gasteiger partial charge >= 0.3 is 5.97 Å². The minimum atomic E-state index is -3.72. The number of halogens is 1. The Morgan fingerprint density at radius 3 is 2.26 bits per heavy atom. The molecule has 0 aromatic heterocycles. The lowest BCUT2D eigenvalue weighted by atomic mass is 9.83. The molecular weight excluding hydrogens is 484 g/mol. The third-order valence-corrected chi connectivity index (χ3v) is 11.0. The van der Waals surface area contributed by atoms with Gasteiger partial charge in [0.15, 0.2) is 0 Å². The van der Waals surface area contributed by atoms with Crippen molar-refractivity contribution in [3.63, 3.8) is 0 Å². The van der Waals surface area contributed by atoms with Crippen LogP contribution in [-0.2, 0) is 21.2 Å². The van der Waals surface area contributed by atoms with Gasteiger partial charge < -0.3 is 10.0 Å². The zero-order valence-electron chi connectivity index (χ0n) is 21.4. The molecule has 1 aliphatic heterocycles. The van der Waals surface area contributed by atoms with Crippen molar-refractivity contribution in [2.75, 3.05) is 18.5 Å². The molecule has 2 saturated carbocycles. The molecule has 8 heteroatoms. The zero-order chi connectivity index (χ0) is 25.4. The van der Waals surface area contributed by atoms with Crippen molar-refractivity contribution in [2.24, 2.45) is 11.3 Å². The molecule has 0 spiro atoms. The second kappa shape index (κ2) is 10.6. The molecule has 1 aromatic rings. The van der Waals surface area contributed by atoms with Gasteiger partial charge in [0, 0.05) is 30.7 Å². The van der Waals surface area contributed by atoms with Crippen molar-refractivity contribution < 1.29 is 18.3 Å². The highest BCUT2D eigenvalue weighted by Gasteiger charge is 2.42. The third-order valence-electron chi connectivity index (χ3n) is 8.75. The van der Waals surface area contributed by atoms with E-state index in [1.165, 1.54) is 38.5 Å². The molecule has 3 aliphatic rings. The predicted molar refractivity (Wildman–Crippen MR) is 141 cm³/mol. The standard InChI is InChI=1S/C27H41ClN2O4S/c1-27(2,26(31)32)15-14-20-16-25-23(17-22(20)28)30(21-12-8-5-9-13-21)18-24(29(3)35(25,33)34)19-10-6-4-7-11-19/h16-17,19,21,24H,4-15,18H2,1-3H3,(H,31,32)/t24-/m0/s1. The molecule has 1 aromatic carbocycles. The highest BCUT2D eigenvalue weighted by Crippen LogP contribution is 2.43. The lowest BCUT2D eigenvalue weighted by Crippen LogP contribution is -2.49. The van der Waals surface area contributed by atoms with E-state index in [4.69, 9.17) is 11.6 Å². The van der Waals surface area contributed by atoms with E-state index < -0.39 is 21.4 Å². The second-order valence-corrected chi connectivity index (χ2v) is 13.9. The van der Waals surface area contributed by atoms with Crippen LogP contribution in [0, 0.1) is 11.3 Å². The number of carboxylic acid groups (broad SMARTS) is 1. The first-order chi connectivity index (χ1) is 16.5. The predicted octanol–water partition coefficient (Wildman–Crippen LogP) is 6.11. The topological polar surface area (TPSA) is 77.9 Å². The summed E-state index contributed by atoms with van der Waals surface area (Å²) in [5.41, 5.74) is 0.524. The normalized spacial score (nSPS) is 24.7. The minimum Gasteiger partial charge on any atom is -0.481 e. The second-order valence-electron chi connectivity index (χ2n) is 11.5. The zero-order valence-corrected chi connectivity index (χ0v) is 23.0. The number of carboxylic acids is 1. The summed E-state index contributed by atoms with van der Waals surface area (Å²) >= 11 is 6.76. The molecule has 6 nitrogen and oxygen atoms in total. The Labute approximate surface area is 216 Å². The van der Waals surface area contributed by atoms with Crippen molar-refractivity contribution in [3.8, 4) is 0 Å². The van der Waals surface area contributed by atoms with Crippen LogP contribution in [0.3, 0.4) is 0 Å². The molecule has 1 heterocycles. The highest BCUT2D eigenvalue weighted by atomic mass is 35.5. The van der Waals surface area contributed by atoms with Crippen LogP contribution < -0.4 is 4.90 Å². The number of nitrogens with zero attached hydrogens (tertiary/aromatic N) is 2. The van der Waals surface area contributed by atoms with Crippen LogP contribution >= 0.6 is 11.6 Å². The van der Waals surface area contributed by atoms with Crippen LogP contribution in [0.4, 0.5) is 5.69 Å². The van der Waals surface area contributed by atoms with Crippen LogP contribution in [0.5, 0.6) is 0 Å². The fourth-order valence-electron chi connectivity index (χ4n) is 6.21. The Bertz CT molecular complexity index is 1030. The van der Waals surface area contributed by atoms with E-state index in [9.17, 15) is 18.3 Å². The minimum absolute atomic E-state index is 0.0530. The number of fused-ring (bicyclic) bond motifs is 1. The average Bonchev–Trinajstić information content (AvgIpc) is 2.91. The third kappa shape index (κ3) is 5.52. The Balaban J connectivity index is 1.77. The Hall–Kier alpha value is -1.31. The largest absolute Gasteiger partial charge is 0.481 e. The van der Waals surface area contributed by atoms with Crippen LogP contribution in [0.1, 0.15) is 90.0 Å². The van der Waals surface area contributed by atoms with Gasteiger partial charge in [0.1, 0.15) is 4.90 Å². The molecule has 196 valence electrons. The number of anilines is 1. The molecule has 0 unspecified atom stereocenters. The number of hydrogen-bond donors (Lipinski definition) is 1. The SMILES string of the molecule is CN1[C@H](C2CCCCC2)CN(C2CCCCC2)c2cc(Cl)c(CCC(C)(C)C(=O)O)cc2S1(=O)=O. The average molecular weight is 525 g/mol. The summed E-state index contributed by atoms with van der Waals surface area (Å²) < 4.78 is 29.7. The maximum Gasteiger partial charge on any atom is 0.309 e. The molecular formula is C27H41ClN2O4S. The number of likely N-dealkylation sites (N-methyl/N-ethyl adjacent to an activating group) is 1. The number of benzene rings is 1. The Morgan fingerprint density at radius 1 is 1.06 bits per heavy atom. The van der Waals surface area contributed by atoms with Gasteiger partial charge in [0.25, 0.3) is 0 Å². The van der Waals surface area contributed by atoms with Crippen molar-refractivity contribution in [3.05, 3.63) is 22.7 Å². The number of aliphatic carboxylic acids is 1. The quantitative estimate of drug-likeness (QED) is 0.486. The lowest BCUT2D eigenvalue weighted by molar-refractivity contribution is -0.147. The van der Waals surface area contributed by atoms with Crippen molar-refractivity contribution >= 4 is 33.3 Å². The van der Waals surface area contributed by atoms with Crippen molar-refractivity contribution in [1.29, 1.82) is 0 Å². The van der Waals surface area contributed by atoms with E-state index in [2.05, 4.69) is 4.90 Å². The fourth-order valence-corrected chi connectivity index (χ4v) is 8.10. The highest BCUT2D eigenvalue weighted by molar-refractivity contribution is 7.89. The molecule has 0 saturated heterocycles. The molecule has 2 fully saturated rings. The van der Waals surface area contributed by atoms with E-state index in [1.54, 1.807) is 31.3 Å². The number of carbonyl (C=O) groups is 1. The Morgan fingerprint density at radius 2 is 1.66 bits per heavy atom. The molecule has 1 atom stereocenters. The van der Waals surface area contributed by atoms with Crippen molar-refractivity contribution in [2.45, 2.75) is 108 Å². The van der Waals surface area contributed by atoms with Crippen LogP contribution in [-0.4, -0.2) is 49.5 Å². The van der Waals surface area contributed by atoms with Gasteiger partial charge in [-0.15, -0.1) is 0 Å². The smallest absolute Gasteiger partial charge is 0.309 e. The van der Waals surface area contributed by atoms with Crippen LogP contribution in [0.25, 0.3) is 0 Å². The molecule has 2 aliphatic carbocycles. The van der Waals surface area contributed by atoms with E-state index >= 15 is 0 Å². The molecule has 0 bridgehead atoms. The van der Waals surface area contributed by atoms with Crippen molar-refractivity contribution in [1.82, 2.24) is 4.31 Å². The monoisotopic (exact) mass is 524 g/mol.